The van der Waals surface area contributed by atoms with E-state index < -0.39 is 0 Å². The lowest BCUT2D eigenvalue weighted by Crippen LogP contribution is -2.12. The van der Waals surface area contributed by atoms with Gasteiger partial charge in [-0.05, 0) is 13.3 Å². The molecule has 0 amide bonds. The summed E-state index contributed by atoms with van der Waals surface area (Å²) in [4.78, 5) is 0. The van der Waals surface area contributed by atoms with Crippen molar-refractivity contribution in [2.75, 3.05) is 59.6 Å². The van der Waals surface area contributed by atoms with Gasteiger partial charge in [0.2, 0.25) is 0 Å². The molecule has 0 aliphatic carbocycles. The Bertz CT molecular complexity index is 127. The molecule has 0 N–H and O–H groups in total. The molecule has 0 aromatic carbocycles. The van der Waals surface area contributed by atoms with Crippen LogP contribution in [0.5, 0.6) is 0 Å². The van der Waals surface area contributed by atoms with E-state index in [0.717, 1.165) is 13.0 Å². The third-order valence-corrected chi connectivity index (χ3v) is 2.13. The van der Waals surface area contributed by atoms with Crippen molar-refractivity contribution in [3.8, 4) is 0 Å². The second kappa shape index (κ2) is 16.8. The Morgan fingerprint density at radius 1 is 0.556 bits per heavy atom. The molecular weight excluding hydrogens is 236 g/mol. The quantitative estimate of drug-likeness (QED) is 0.334. The van der Waals surface area contributed by atoms with Crippen LogP contribution in [0.15, 0.2) is 0 Å². The van der Waals surface area contributed by atoms with Gasteiger partial charge in [0.05, 0.1) is 39.6 Å². The first-order valence-corrected chi connectivity index (χ1v) is 6.80. The highest BCUT2D eigenvalue weighted by Crippen LogP contribution is 1.88. The molecule has 0 aliphatic rings. The number of unbranched alkanes of at least 4 members (excludes halogenated alkanes) is 1. The van der Waals surface area contributed by atoms with E-state index in [1.54, 1.807) is 0 Å². The zero-order valence-electron chi connectivity index (χ0n) is 11.8. The van der Waals surface area contributed by atoms with Gasteiger partial charge in [0.25, 0.3) is 0 Å². The molecule has 0 saturated carbocycles. The highest BCUT2D eigenvalue weighted by molar-refractivity contribution is 4.35. The molecule has 0 fully saturated rings. The van der Waals surface area contributed by atoms with Crippen LogP contribution in [0.1, 0.15) is 26.7 Å². The van der Waals surface area contributed by atoms with Gasteiger partial charge in [0.15, 0.2) is 0 Å². The van der Waals surface area contributed by atoms with Crippen LogP contribution in [0.4, 0.5) is 0 Å². The predicted octanol–water partition coefficient (Wildman–Crippen LogP) is 1.85. The molecule has 0 spiro atoms. The molecule has 18 heavy (non-hydrogen) atoms. The zero-order valence-corrected chi connectivity index (χ0v) is 11.8. The number of hydrogen-bond donors (Lipinski definition) is 0. The van der Waals surface area contributed by atoms with Crippen molar-refractivity contribution in [2.24, 2.45) is 0 Å². The lowest BCUT2D eigenvalue weighted by molar-refractivity contribution is -0.0697. The van der Waals surface area contributed by atoms with Crippen LogP contribution in [0.2, 0.25) is 0 Å². The normalized spacial score (nSPS) is 11.0. The Kier molecular flexibility index (Phi) is 16.6. The summed E-state index contributed by atoms with van der Waals surface area (Å²) in [7, 11) is 0. The Hall–Kier alpha value is -0.200. The second-order valence-corrected chi connectivity index (χ2v) is 3.71. The maximum absolute atomic E-state index is 5.36. The van der Waals surface area contributed by atoms with E-state index >= 15 is 0 Å². The molecule has 0 aromatic rings. The van der Waals surface area contributed by atoms with Gasteiger partial charge in [-0.15, -0.1) is 0 Å². The molecule has 110 valence electrons. The number of ether oxygens (including phenoxy) is 5. The average Bonchev–Trinajstić information content (AvgIpc) is 2.39. The molecule has 0 bridgehead atoms. The molecule has 0 radical (unpaired) electrons. The largest absolute Gasteiger partial charge is 0.379 e. The smallest absolute Gasteiger partial charge is 0.146 e. The van der Waals surface area contributed by atoms with Crippen molar-refractivity contribution in [1.29, 1.82) is 0 Å². The maximum atomic E-state index is 5.36. The van der Waals surface area contributed by atoms with Crippen LogP contribution in [0, 0.1) is 0 Å². The number of rotatable bonds is 15. The molecule has 0 saturated heterocycles. The standard InChI is InChI=1S/C13H28O5/c1-3-5-6-15-7-8-16-9-10-17-11-12-18-13-14-4-2/h3-13H2,1-2H3. The van der Waals surface area contributed by atoms with E-state index in [0.29, 0.717) is 53.0 Å². The van der Waals surface area contributed by atoms with Crippen molar-refractivity contribution in [1.82, 2.24) is 0 Å². The van der Waals surface area contributed by atoms with Gasteiger partial charge in [-0.2, -0.15) is 0 Å². The fourth-order valence-corrected chi connectivity index (χ4v) is 1.11. The SMILES string of the molecule is CCCCOCCOCCOCCOCOCC. The fraction of sp³-hybridized carbons (Fsp3) is 1.00. The molecule has 5 nitrogen and oxygen atoms in total. The zero-order chi connectivity index (χ0) is 13.3. The van der Waals surface area contributed by atoms with Gasteiger partial charge < -0.3 is 23.7 Å². The fourth-order valence-electron chi connectivity index (χ4n) is 1.11. The van der Waals surface area contributed by atoms with Crippen LogP contribution >= 0.6 is 0 Å². The first-order valence-electron chi connectivity index (χ1n) is 6.80. The Morgan fingerprint density at radius 3 is 1.56 bits per heavy atom. The summed E-state index contributed by atoms with van der Waals surface area (Å²) in [6.07, 6.45) is 2.28. The summed E-state index contributed by atoms with van der Waals surface area (Å²) in [6, 6.07) is 0. The Morgan fingerprint density at radius 2 is 1.06 bits per heavy atom. The monoisotopic (exact) mass is 264 g/mol. The van der Waals surface area contributed by atoms with E-state index in [9.17, 15) is 0 Å². The van der Waals surface area contributed by atoms with Gasteiger partial charge >= 0.3 is 0 Å². The van der Waals surface area contributed by atoms with Crippen LogP contribution in [-0.4, -0.2) is 59.6 Å². The third kappa shape index (κ3) is 15.8. The summed E-state index contributed by atoms with van der Waals surface area (Å²) in [5.41, 5.74) is 0. The molecule has 0 atom stereocenters. The molecule has 5 heteroatoms. The second-order valence-electron chi connectivity index (χ2n) is 3.71. The summed E-state index contributed by atoms with van der Waals surface area (Å²) in [5.74, 6) is 0. The van der Waals surface area contributed by atoms with E-state index in [4.69, 9.17) is 23.7 Å². The first-order chi connectivity index (χ1) is 8.91. The van der Waals surface area contributed by atoms with Crippen LogP contribution < -0.4 is 0 Å². The molecule has 0 unspecified atom stereocenters. The van der Waals surface area contributed by atoms with Crippen molar-refractivity contribution in [3.05, 3.63) is 0 Å². The van der Waals surface area contributed by atoms with Gasteiger partial charge in [-0.25, -0.2) is 0 Å². The molecule has 0 aliphatic heterocycles. The minimum atomic E-state index is 0.339. The van der Waals surface area contributed by atoms with Crippen LogP contribution in [0.25, 0.3) is 0 Å². The lowest BCUT2D eigenvalue weighted by atomic mass is 10.4. The lowest BCUT2D eigenvalue weighted by Gasteiger charge is -2.07. The van der Waals surface area contributed by atoms with Crippen molar-refractivity contribution < 1.29 is 23.7 Å². The van der Waals surface area contributed by atoms with E-state index in [-0.39, 0.29) is 0 Å². The highest BCUT2D eigenvalue weighted by Gasteiger charge is 1.92. The van der Waals surface area contributed by atoms with E-state index in [1.165, 1.54) is 6.42 Å². The predicted molar refractivity (Wildman–Crippen MR) is 69.8 cm³/mol. The third-order valence-electron chi connectivity index (χ3n) is 2.13. The van der Waals surface area contributed by atoms with Gasteiger partial charge in [0.1, 0.15) is 6.79 Å². The topological polar surface area (TPSA) is 46.2 Å². The first kappa shape index (κ1) is 17.8. The van der Waals surface area contributed by atoms with Crippen molar-refractivity contribution in [3.63, 3.8) is 0 Å². The number of hydrogen-bond acceptors (Lipinski definition) is 5. The Labute approximate surface area is 111 Å². The minimum Gasteiger partial charge on any atom is -0.379 e. The van der Waals surface area contributed by atoms with Gasteiger partial charge in [-0.3, -0.25) is 0 Å². The van der Waals surface area contributed by atoms with E-state index in [2.05, 4.69) is 6.92 Å². The minimum absolute atomic E-state index is 0.339. The summed E-state index contributed by atoms with van der Waals surface area (Å²) >= 11 is 0. The molecule has 0 heterocycles. The molecule has 0 aromatic heterocycles. The highest BCUT2D eigenvalue weighted by atomic mass is 16.7. The summed E-state index contributed by atoms with van der Waals surface area (Å²) in [6.45, 7) is 9.54. The van der Waals surface area contributed by atoms with Crippen molar-refractivity contribution in [2.45, 2.75) is 26.7 Å². The van der Waals surface area contributed by atoms with Crippen LogP contribution in [0.3, 0.4) is 0 Å². The maximum Gasteiger partial charge on any atom is 0.146 e. The van der Waals surface area contributed by atoms with Gasteiger partial charge in [0, 0.05) is 13.2 Å². The van der Waals surface area contributed by atoms with Gasteiger partial charge in [-0.1, -0.05) is 13.3 Å². The molecular formula is C13H28O5. The van der Waals surface area contributed by atoms with Crippen molar-refractivity contribution >= 4 is 0 Å². The van der Waals surface area contributed by atoms with E-state index in [1.807, 2.05) is 6.92 Å². The summed E-state index contributed by atoms with van der Waals surface area (Å²) < 4.78 is 26.2. The average molecular weight is 264 g/mol. The Balaban J connectivity index is 2.86. The summed E-state index contributed by atoms with van der Waals surface area (Å²) in [5, 5.41) is 0. The molecule has 0 rings (SSSR count). The van der Waals surface area contributed by atoms with Crippen LogP contribution in [-0.2, 0) is 23.7 Å².